The van der Waals surface area contributed by atoms with Crippen molar-refractivity contribution in [1.29, 1.82) is 0 Å². The molecule has 2 aromatic carbocycles. The molecule has 6 heteroatoms. The number of methoxy groups -OCH3 is 1. The lowest BCUT2D eigenvalue weighted by Crippen LogP contribution is -2.19. The summed E-state index contributed by atoms with van der Waals surface area (Å²) in [5.74, 6) is 1.68. The van der Waals surface area contributed by atoms with Gasteiger partial charge in [-0.15, -0.1) is 0 Å². The number of benzene rings is 2. The van der Waals surface area contributed by atoms with Gasteiger partial charge in [-0.25, -0.2) is 0 Å². The molecular weight excluding hydrogens is 264 g/mol. The lowest BCUT2D eigenvalue weighted by Gasteiger charge is -2.07. The van der Waals surface area contributed by atoms with Crippen LogP contribution in [0.2, 0.25) is 0 Å². The van der Waals surface area contributed by atoms with Crippen LogP contribution in [0.4, 0.5) is 0 Å². The zero-order valence-corrected chi connectivity index (χ0v) is 10.6. The molecule has 1 heterocycles. The van der Waals surface area contributed by atoms with Gasteiger partial charge in [-0.1, -0.05) is 0 Å². The number of hydrogen-bond acceptors (Lipinski definition) is 6. The molecule has 2 N–H and O–H groups in total. The molecule has 1 aliphatic rings. The summed E-state index contributed by atoms with van der Waals surface area (Å²) in [6, 6.07) is 9.00. The van der Waals surface area contributed by atoms with Crippen LogP contribution in [0, 0.1) is 0 Å². The number of fused-ring (bicyclic) bond motifs is 1. The lowest BCUT2D eigenvalue weighted by molar-refractivity contribution is -0.157. The third-order valence-corrected chi connectivity index (χ3v) is 2.67. The van der Waals surface area contributed by atoms with E-state index in [-0.39, 0.29) is 11.5 Å². The van der Waals surface area contributed by atoms with E-state index in [1.54, 1.807) is 18.2 Å². The summed E-state index contributed by atoms with van der Waals surface area (Å²) in [5, 5.41) is 18.8. The highest BCUT2D eigenvalue weighted by Crippen LogP contribution is 2.39. The van der Waals surface area contributed by atoms with Crippen molar-refractivity contribution in [2.75, 3.05) is 7.11 Å². The van der Waals surface area contributed by atoms with Gasteiger partial charge < -0.3 is 29.2 Å². The average Bonchev–Trinajstić information content (AvgIpc) is 2.79. The Morgan fingerprint density at radius 3 is 2.30 bits per heavy atom. The van der Waals surface area contributed by atoms with E-state index in [4.69, 9.17) is 18.9 Å². The Kier molecular flexibility index (Phi) is 3.00. The first-order chi connectivity index (χ1) is 9.64. The normalized spacial score (nSPS) is 16.1. The third-order valence-electron chi connectivity index (χ3n) is 2.67. The maximum absolute atomic E-state index is 9.39. The number of aromatic hydroxyl groups is 2. The highest BCUT2D eigenvalue weighted by molar-refractivity contribution is 5.49. The van der Waals surface area contributed by atoms with Gasteiger partial charge in [-0.2, -0.15) is 0 Å². The van der Waals surface area contributed by atoms with E-state index < -0.39 is 6.48 Å². The monoisotopic (exact) mass is 276 g/mol. The Labute approximate surface area is 114 Å². The van der Waals surface area contributed by atoms with E-state index >= 15 is 0 Å². The fourth-order valence-electron chi connectivity index (χ4n) is 1.83. The molecule has 0 aromatic heterocycles. The molecule has 0 saturated heterocycles. The van der Waals surface area contributed by atoms with Gasteiger partial charge in [-0.3, -0.25) is 0 Å². The summed E-state index contributed by atoms with van der Waals surface area (Å²) in [6.45, 7) is -0.759. The van der Waals surface area contributed by atoms with Crippen LogP contribution < -0.4 is 14.2 Å². The Morgan fingerprint density at radius 1 is 0.900 bits per heavy atom. The first kappa shape index (κ1) is 12.4. The fourth-order valence-corrected chi connectivity index (χ4v) is 1.83. The van der Waals surface area contributed by atoms with Crippen molar-refractivity contribution < 1.29 is 29.2 Å². The van der Waals surface area contributed by atoms with Crippen molar-refractivity contribution in [3.05, 3.63) is 36.4 Å². The van der Waals surface area contributed by atoms with E-state index in [1.165, 1.54) is 25.3 Å². The topological polar surface area (TPSA) is 77.4 Å². The third kappa shape index (κ3) is 2.41. The quantitative estimate of drug-likeness (QED) is 0.897. The van der Waals surface area contributed by atoms with E-state index in [1.807, 2.05) is 0 Å². The van der Waals surface area contributed by atoms with Crippen LogP contribution in [-0.4, -0.2) is 23.8 Å². The van der Waals surface area contributed by atoms with Gasteiger partial charge in [0, 0.05) is 31.4 Å². The molecule has 0 spiro atoms. The predicted octanol–water partition coefficient (Wildman–Crippen LogP) is 2.59. The number of ether oxygens (including phenoxy) is 4. The Hall–Kier alpha value is -2.60. The number of phenols is 2. The molecule has 0 aliphatic carbocycles. The van der Waals surface area contributed by atoms with E-state index in [0.717, 1.165) is 0 Å². The minimum absolute atomic E-state index is 0.0832. The molecule has 0 saturated carbocycles. The molecule has 0 amide bonds. The van der Waals surface area contributed by atoms with Crippen molar-refractivity contribution in [3.63, 3.8) is 0 Å². The Bertz CT molecular complexity index is 619. The minimum atomic E-state index is -0.759. The van der Waals surface area contributed by atoms with Gasteiger partial charge in [0.2, 0.25) is 0 Å². The molecule has 104 valence electrons. The Balaban J connectivity index is 1.82. The van der Waals surface area contributed by atoms with Crippen LogP contribution in [0.1, 0.15) is 0 Å². The van der Waals surface area contributed by atoms with E-state index in [0.29, 0.717) is 23.0 Å². The van der Waals surface area contributed by atoms with Crippen LogP contribution in [0.3, 0.4) is 0 Å². The first-order valence-corrected chi connectivity index (χ1v) is 5.85. The SMILES string of the molecule is COC1Oc2ccc(Oc3cc(O)cc(O)c3)cc2O1. The molecule has 0 fully saturated rings. The van der Waals surface area contributed by atoms with Gasteiger partial charge in [-0.05, 0) is 12.1 Å². The first-order valence-electron chi connectivity index (χ1n) is 5.85. The fraction of sp³-hybridized carbons (Fsp3) is 0.143. The zero-order chi connectivity index (χ0) is 14.1. The van der Waals surface area contributed by atoms with Crippen LogP contribution in [0.5, 0.6) is 34.5 Å². The van der Waals surface area contributed by atoms with Crippen molar-refractivity contribution in [2.45, 2.75) is 6.48 Å². The van der Waals surface area contributed by atoms with Crippen molar-refractivity contribution in [3.8, 4) is 34.5 Å². The molecule has 0 radical (unpaired) electrons. The molecular formula is C14H12O6. The summed E-state index contributed by atoms with van der Waals surface area (Å²) in [5.41, 5.74) is 0. The van der Waals surface area contributed by atoms with Gasteiger partial charge in [0.25, 0.3) is 0 Å². The van der Waals surface area contributed by atoms with Crippen molar-refractivity contribution in [1.82, 2.24) is 0 Å². The smallest absolute Gasteiger partial charge is 0.360 e. The van der Waals surface area contributed by atoms with Gasteiger partial charge in [0.05, 0.1) is 0 Å². The van der Waals surface area contributed by atoms with Gasteiger partial charge in [0.15, 0.2) is 11.5 Å². The summed E-state index contributed by atoms with van der Waals surface area (Å²) in [6.07, 6.45) is 0. The molecule has 1 atom stereocenters. The molecule has 6 nitrogen and oxygen atoms in total. The van der Waals surface area contributed by atoms with E-state index in [2.05, 4.69) is 0 Å². The molecule has 3 rings (SSSR count). The number of rotatable bonds is 3. The van der Waals surface area contributed by atoms with Crippen molar-refractivity contribution >= 4 is 0 Å². The highest BCUT2D eigenvalue weighted by Gasteiger charge is 2.24. The van der Waals surface area contributed by atoms with Crippen molar-refractivity contribution in [2.24, 2.45) is 0 Å². The highest BCUT2D eigenvalue weighted by atomic mass is 16.9. The maximum Gasteiger partial charge on any atom is 0.360 e. The molecule has 1 aliphatic heterocycles. The lowest BCUT2D eigenvalue weighted by atomic mass is 10.3. The molecule has 2 aromatic rings. The largest absolute Gasteiger partial charge is 0.508 e. The predicted molar refractivity (Wildman–Crippen MR) is 68.3 cm³/mol. The van der Waals surface area contributed by atoms with E-state index in [9.17, 15) is 10.2 Å². The minimum Gasteiger partial charge on any atom is -0.508 e. The Morgan fingerprint density at radius 2 is 1.60 bits per heavy atom. The molecule has 0 bridgehead atoms. The van der Waals surface area contributed by atoms with Gasteiger partial charge in [0.1, 0.15) is 23.0 Å². The summed E-state index contributed by atoms with van der Waals surface area (Å²) in [4.78, 5) is 0. The second-order valence-electron chi connectivity index (χ2n) is 4.16. The van der Waals surface area contributed by atoms with Crippen LogP contribution in [0.25, 0.3) is 0 Å². The maximum atomic E-state index is 9.39. The standard InChI is InChI=1S/C14H12O6/c1-17-14-19-12-3-2-10(7-13(12)20-14)18-11-5-8(15)4-9(16)6-11/h2-7,14-16H,1H3. The molecule has 1 unspecified atom stereocenters. The van der Waals surface area contributed by atoms with Crippen LogP contribution in [-0.2, 0) is 4.74 Å². The summed E-state index contributed by atoms with van der Waals surface area (Å²) < 4.78 is 21.1. The molecule has 20 heavy (non-hydrogen) atoms. The van der Waals surface area contributed by atoms with Crippen LogP contribution >= 0.6 is 0 Å². The van der Waals surface area contributed by atoms with Gasteiger partial charge >= 0.3 is 6.48 Å². The number of hydrogen-bond donors (Lipinski definition) is 2. The van der Waals surface area contributed by atoms with Crippen LogP contribution in [0.15, 0.2) is 36.4 Å². The summed E-state index contributed by atoms with van der Waals surface area (Å²) >= 11 is 0. The second kappa shape index (κ2) is 4.82. The zero-order valence-electron chi connectivity index (χ0n) is 10.6. The second-order valence-corrected chi connectivity index (χ2v) is 4.16. The average molecular weight is 276 g/mol. The number of phenolic OH excluding ortho intramolecular Hbond substituents is 2. The summed E-state index contributed by atoms with van der Waals surface area (Å²) in [7, 11) is 1.48.